The Morgan fingerprint density at radius 3 is 2.81 bits per heavy atom. The van der Waals surface area contributed by atoms with E-state index in [1.165, 1.54) is 12.0 Å². The van der Waals surface area contributed by atoms with Crippen LogP contribution in [0, 0.1) is 5.92 Å². The Morgan fingerprint density at radius 1 is 1.33 bits per heavy atom. The third kappa shape index (κ3) is 2.49. The number of hydrogen-bond donors (Lipinski definition) is 0. The average Bonchev–Trinajstić information content (AvgIpc) is 3.14. The Morgan fingerprint density at radius 2 is 2.10 bits per heavy atom. The van der Waals surface area contributed by atoms with E-state index >= 15 is 0 Å². The van der Waals surface area contributed by atoms with E-state index in [2.05, 4.69) is 14.9 Å². The van der Waals surface area contributed by atoms with Crippen molar-refractivity contribution < 1.29 is 18.7 Å². The molecular formula is C14H13N3O4. The van der Waals surface area contributed by atoms with Crippen LogP contribution in [-0.4, -0.2) is 35.7 Å². The van der Waals surface area contributed by atoms with E-state index in [9.17, 15) is 9.59 Å². The lowest BCUT2D eigenvalue weighted by atomic mass is 10.1. The van der Waals surface area contributed by atoms with Crippen molar-refractivity contribution in [3.63, 3.8) is 0 Å². The molecule has 21 heavy (non-hydrogen) atoms. The van der Waals surface area contributed by atoms with E-state index in [4.69, 9.17) is 4.42 Å². The quantitative estimate of drug-likeness (QED) is 0.790. The summed E-state index contributed by atoms with van der Waals surface area (Å²) in [4.78, 5) is 24.8. The summed E-state index contributed by atoms with van der Waals surface area (Å²) >= 11 is 0. The third-order valence-corrected chi connectivity index (χ3v) is 3.33. The highest BCUT2D eigenvalue weighted by Crippen LogP contribution is 2.27. The summed E-state index contributed by atoms with van der Waals surface area (Å²) in [6.45, 7) is 0.196. The summed E-state index contributed by atoms with van der Waals surface area (Å²) in [6.07, 6.45) is 0.0930. The van der Waals surface area contributed by atoms with Crippen LogP contribution < -0.4 is 4.90 Å². The topological polar surface area (TPSA) is 85.5 Å². The minimum atomic E-state index is -0.491. The molecular weight excluding hydrogens is 274 g/mol. The number of hydrogen-bond acceptors (Lipinski definition) is 6. The van der Waals surface area contributed by atoms with Gasteiger partial charge in [-0.25, -0.2) is 0 Å². The fraction of sp³-hybridized carbons (Fsp3) is 0.286. The summed E-state index contributed by atoms with van der Waals surface area (Å²) < 4.78 is 10.2. The minimum Gasteiger partial charge on any atom is -0.469 e. The average molecular weight is 287 g/mol. The molecule has 0 radical (unpaired) electrons. The van der Waals surface area contributed by atoms with Gasteiger partial charge in [0.1, 0.15) is 0 Å². The molecule has 1 fully saturated rings. The zero-order valence-electron chi connectivity index (χ0n) is 11.4. The third-order valence-electron chi connectivity index (χ3n) is 3.33. The molecule has 7 heteroatoms. The van der Waals surface area contributed by atoms with Gasteiger partial charge in [-0.3, -0.25) is 14.5 Å². The summed E-state index contributed by atoms with van der Waals surface area (Å²) in [6, 6.07) is 9.36. The number of amides is 1. The monoisotopic (exact) mass is 287 g/mol. The number of anilines is 1. The van der Waals surface area contributed by atoms with E-state index in [-0.39, 0.29) is 24.9 Å². The van der Waals surface area contributed by atoms with E-state index in [0.717, 1.165) is 5.56 Å². The zero-order chi connectivity index (χ0) is 14.8. The van der Waals surface area contributed by atoms with Gasteiger partial charge in [0.2, 0.25) is 11.8 Å². The van der Waals surface area contributed by atoms with Crippen molar-refractivity contribution in [2.75, 3.05) is 18.6 Å². The van der Waals surface area contributed by atoms with Crippen LogP contribution in [0.4, 0.5) is 6.01 Å². The molecule has 1 unspecified atom stereocenters. The molecule has 7 nitrogen and oxygen atoms in total. The van der Waals surface area contributed by atoms with Crippen molar-refractivity contribution in [2.24, 2.45) is 5.92 Å². The predicted molar refractivity (Wildman–Crippen MR) is 72.2 cm³/mol. The van der Waals surface area contributed by atoms with Crippen molar-refractivity contribution in [3.05, 3.63) is 30.3 Å². The summed E-state index contributed by atoms with van der Waals surface area (Å²) in [7, 11) is 1.30. The Hall–Kier alpha value is -2.70. The SMILES string of the molecule is COC(=O)C1CC(=O)N(c2nnc(-c3ccccc3)o2)C1. The van der Waals surface area contributed by atoms with Crippen molar-refractivity contribution in [1.29, 1.82) is 0 Å². The molecule has 1 saturated heterocycles. The lowest BCUT2D eigenvalue weighted by Gasteiger charge is -2.09. The molecule has 1 amide bonds. The Balaban J connectivity index is 1.81. The van der Waals surface area contributed by atoms with Gasteiger partial charge < -0.3 is 9.15 Å². The number of aromatic nitrogens is 2. The molecule has 0 bridgehead atoms. The number of carbonyl (C=O) groups excluding carboxylic acids is 2. The second-order valence-corrected chi connectivity index (χ2v) is 4.68. The first-order valence-corrected chi connectivity index (χ1v) is 6.46. The highest BCUT2D eigenvalue weighted by molar-refractivity contribution is 5.97. The van der Waals surface area contributed by atoms with Gasteiger partial charge in [-0.1, -0.05) is 23.3 Å². The maximum absolute atomic E-state index is 11.9. The van der Waals surface area contributed by atoms with Crippen LogP contribution in [0.25, 0.3) is 11.5 Å². The fourth-order valence-electron chi connectivity index (χ4n) is 2.24. The normalized spacial score (nSPS) is 18.0. The van der Waals surface area contributed by atoms with E-state index < -0.39 is 11.9 Å². The molecule has 2 aromatic rings. The van der Waals surface area contributed by atoms with Crippen LogP contribution in [-0.2, 0) is 14.3 Å². The Kier molecular flexibility index (Phi) is 3.39. The van der Waals surface area contributed by atoms with Gasteiger partial charge >= 0.3 is 12.0 Å². The van der Waals surface area contributed by atoms with Gasteiger partial charge in [-0.15, -0.1) is 5.10 Å². The van der Waals surface area contributed by atoms with E-state index in [1.807, 2.05) is 30.3 Å². The van der Waals surface area contributed by atoms with Crippen molar-refractivity contribution in [3.8, 4) is 11.5 Å². The molecule has 0 spiro atoms. The largest absolute Gasteiger partial charge is 0.469 e. The number of benzene rings is 1. The molecule has 3 rings (SSSR count). The van der Waals surface area contributed by atoms with Gasteiger partial charge in [-0.2, -0.15) is 0 Å². The second kappa shape index (κ2) is 5.35. The van der Waals surface area contributed by atoms with Crippen LogP contribution in [0.3, 0.4) is 0 Å². The molecule has 0 aliphatic carbocycles. The highest BCUT2D eigenvalue weighted by atomic mass is 16.5. The van der Waals surface area contributed by atoms with Crippen molar-refractivity contribution in [1.82, 2.24) is 10.2 Å². The molecule has 2 heterocycles. The number of methoxy groups -OCH3 is 1. The minimum absolute atomic E-state index is 0.0930. The van der Waals surface area contributed by atoms with Crippen LogP contribution >= 0.6 is 0 Å². The number of nitrogens with zero attached hydrogens (tertiary/aromatic N) is 3. The fourth-order valence-corrected chi connectivity index (χ4v) is 2.24. The number of rotatable bonds is 3. The lowest BCUT2D eigenvalue weighted by molar-refractivity contribution is -0.145. The first-order chi connectivity index (χ1) is 10.2. The van der Waals surface area contributed by atoms with Gasteiger partial charge in [0.15, 0.2) is 0 Å². The first kappa shape index (κ1) is 13.3. The molecule has 0 N–H and O–H groups in total. The molecule has 1 aromatic carbocycles. The molecule has 1 aliphatic rings. The molecule has 0 saturated carbocycles. The van der Waals surface area contributed by atoms with E-state index in [1.54, 1.807) is 0 Å². The molecule has 108 valence electrons. The number of ether oxygens (including phenoxy) is 1. The van der Waals surface area contributed by atoms with Crippen LogP contribution in [0.2, 0.25) is 0 Å². The van der Waals surface area contributed by atoms with Gasteiger partial charge in [0.05, 0.1) is 13.0 Å². The number of carbonyl (C=O) groups is 2. The Bertz CT molecular complexity index is 668. The van der Waals surface area contributed by atoms with Gasteiger partial charge in [0, 0.05) is 18.5 Å². The standard InChI is InChI=1S/C14H13N3O4/c1-20-13(19)10-7-11(18)17(8-10)14-16-15-12(21-14)9-5-3-2-4-6-9/h2-6,10H,7-8H2,1H3. The smallest absolute Gasteiger partial charge is 0.325 e. The van der Waals surface area contributed by atoms with Crippen molar-refractivity contribution in [2.45, 2.75) is 6.42 Å². The lowest BCUT2D eigenvalue weighted by Crippen LogP contribution is -2.26. The summed E-state index contributed by atoms with van der Waals surface area (Å²) in [5, 5.41) is 7.81. The Labute approximate surface area is 120 Å². The maximum Gasteiger partial charge on any atom is 0.325 e. The zero-order valence-corrected chi connectivity index (χ0v) is 11.4. The number of esters is 1. The van der Waals surface area contributed by atoms with Crippen LogP contribution in [0.15, 0.2) is 34.7 Å². The predicted octanol–water partition coefficient (Wildman–Crippen LogP) is 1.26. The van der Waals surface area contributed by atoms with Crippen LogP contribution in [0.5, 0.6) is 0 Å². The van der Waals surface area contributed by atoms with Gasteiger partial charge in [-0.05, 0) is 12.1 Å². The molecule has 1 aliphatic heterocycles. The summed E-state index contributed by atoms with van der Waals surface area (Å²) in [5.41, 5.74) is 0.771. The molecule has 1 atom stereocenters. The second-order valence-electron chi connectivity index (χ2n) is 4.68. The summed E-state index contributed by atoms with van der Waals surface area (Å²) in [5.74, 6) is -0.795. The first-order valence-electron chi connectivity index (χ1n) is 6.46. The maximum atomic E-state index is 11.9. The highest BCUT2D eigenvalue weighted by Gasteiger charge is 2.38. The molecule has 1 aromatic heterocycles. The van der Waals surface area contributed by atoms with E-state index in [0.29, 0.717) is 5.89 Å². The van der Waals surface area contributed by atoms with Crippen LogP contribution in [0.1, 0.15) is 6.42 Å². The van der Waals surface area contributed by atoms with Crippen molar-refractivity contribution >= 4 is 17.9 Å². The van der Waals surface area contributed by atoms with Gasteiger partial charge in [0.25, 0.3) is 0 Å².